The van der Waals surface area contributed by atoms with E-state index >= 15 is 0 Å². The molecule has 1 aliphatic rings. The summed E-state index contributed by atoms with van der Waals surface area (Å²) in [5.41, 5.74) is -0.999. The Morgan fingerprint density at radius 2 is 1.86 bits per heavy atom. The number of halogens is 1. The summed E-state index contributed by atoms with van der Waals surface area (Å²) in [4.78, 5) is 19.2. The number of carbonyl (C=O) groups excluding carboxylic acids is 1. The summed E-state index contributed by atoms with van der Waals surface area (Å²) in [6.45, 7) is 19.4. The minimum absolute atomic E-state index is 0. The smallest absolute Gasteiger partial charge is 0.408 e. The van der Waals surface area contributed by atoms with Gasteiger partial charge in [0.25, 0.3) is 0 Å². The number of guanidine groups is 1. The molecule has 8 heteroatoms. The minimum atomic E-state index is -0.508. The number of alkyl carbamates (subject to hydrolysis) is 1. The second-order valence-corrected chi connectivity index (χ2v) is 8.99. The highest BCUT2D eigenvalue weighted by atomic mass is 127. The minimum Gasteiger partial charge on any atom is -0.444 e. The van der Waals surface area contributed by atoms with Gasteiger partial charge >= 0.3 is 6.09 Å². The molecule has 1 aliphatic heterocycles. The van der Waals surface area contributed by atoms with Crippen molar-refractivity contribution in [2.45, 2.75) is 72.4 Å². The number of aliphatic imine (C=N–C) groups is 1. The lowest BCUT2D eigenvalue weighted by atomic mass is 9.98. The molecule has 0 radical (unpaired) electrons. The Hall–Kier alpha value is -0.770. The van der Waals surface area contributed by atoms with Crippen molar-refractivity contribution in [2.75, 3.05) is 39.3 Å². The van der Waals surface area contributed by atoms with E-state index in [0.29, 0.717) is 12.5 Å². The molecule has 7 nitrogen and oxygen atoms in total. The Labute approximate surface area is 188 Å². The number of likely N-dealkylation sites (tertiary alicyclic amines) is 1. The molecule has 1 atom stereocenters. The molecule has 0 saturated carbocycles. The predicted molar refractivity (Wildman–Crippen MR) is 128 cm³/mol. The van der Waals surface area contributed by atoms with Crippen LogP contribution in [0.15, 0.2) is 4.99 Å². The van der Waals surface area contributed by atoms with Crippen LogP contribution in [-0.2, 0) is 4.74 Å². The highest BCUT2D eigenvalue weighted by molar-refractivity contribution is 14.0. The van der Waals surface area contributed by atoms with Gasteiger partial charge < -0.3 is 25.6 Å². The average Bonchev–Trinajstić information content (AvgIpc) is 2.55. The number of nitrogens with zero attached hydrogens (tertiary/aromatic N) is 2. The molecule has 1 heterocycles. The molecule has 0 aromatic rings. The van der Waals surface area contributed by atoms with Crippen LogP contribution in [0.5, 0.6) is 0 Å². The Balaban J connectivity index is 0.00000729. The van der Waals surface area contributed by atoms with E-state index in [1.165, 1.54) is 19.4 Å². The Morgan fingerprint density at radius 3 is 2.43 bits per heavy atom. The fourth-order valence-corrected chi connectivity index (χ4v) is 3.08. The molecule has 1 unspecified atom stereocenters. The topological polar surface area (TPSA) is 78.0 Å². The van der Waals surface area contributed by atoms with Crippen LogP contribution in [-0.4, -0.2) is 67.4 Å². The zero-order valence-electron chi connectivity index (χ0n) is 18.9. The van der Waals surface area contributed by atoms with Crippen molar-refractivity contribution in [3.8, 4) is 0 Å². The molecule has 1 rings (SSSR count). The van der Waals surface area contributed by atoms with Crippen LogP contribution < -0.4 is 16.0 Å². The van der Waals surface area contributed by atoms with Gasteiger partial charge in [0.15, 0.2) is 5.96 Å². The van der Waals surface area contributed by atoms with E-state index in [0.717, 1.165) is 32.1 Å². The van der Waals surface area contributed by atoms with Crippen molar-refractivity contribution in [2.24, 2.45) is 10.9 Å². The summed E-state index contributed by atoms with van der Waals surface area (Å²) >= 11 is 0. The van der Waals surface area contributed by atoms with Gasteiger partial charge in [0.1, 0.15) is 5.60 Å². The average molecular weight is 511 g/mol. The summed E-state index contributed by atoms with van der Waals surface area (Å²) in [6.07, 6.45) is 2.11. The van der Waals surface area contributed by atoms with Crippen LogP contribution in [0.3, 0.4) is 0 Å². The van der Waals surface area contributed by atoms with Crippen LogP contribution >= 0.6 is 24.0 Å². The molecule has 1 fully saturated rings. The van der Waals surface area contributed by atoms with Gasteiger partial charge in [-0.25, -0.2) is 4.79 Å². The van der Waals surface area contributed by atoms with Gasteiger partial charge in [-0.15, -0.1) is 24.0 Å². The number of ether oxygens (including phenoxy) is 1. The first kappa shape index (κ1) is 27.2. The number of amides is 1. The largest absolute Gasteiger partial charge is 0.444 e. The van der Waals surface area contributed by atoms with Gasteiger partial charge in [0.2, 0.25) is 0 Å². The van der Waals surface area contributed by atoms with Crippen LogP contribution in [0.2, 0.25) is 0 Å². The Morgan fingerprint density at radius 1 is 1.18 bits per heavy atom. The monoisotopic (exact) mass is 511 g/mol. The Kier molecular flexibility index (Phi) is 12.4. The standard InChI is InChI=1S/C20H41N5O2.HI/c1-8-21-17(22-13-16-11-10-12-25(9-2)14-16)23-15-20(6,7)24-18(26)27-19(3,4)5;/h16H,8-15H2,1-7H3,(H,24,26)(H2,21,22,23);1H. The molecule has 0 spiro atoms. The normalized spacial score (nSPS) is 18.8. The summed E-state index contributed by atoms with van der Waals surface area (Å²) in [5.74, 6) is 1.45. The summed E-state index contributed by atoms with van der Waals surface area (Å²) < 4.78 is 5.34. The maximum atomic E-state index is 12.0. The van der Waals surface area contributed by atoms with E-state index < -0.39 is 17.2 Å². The first-order valence-corrected chi connectivity index (χ1v) is 10.3. The maximum Gasteiger partial charge on any atom is 0.408 e. The van der Waals surface area contributed by atoms with Crippen LogP contribution in [0.1, 0.15) is 61.3 Å². The van der Waals surface area contributed by atoms with Crippen molar-refractivity contribution in [1.29, 1.82) is 0 Å². The molecule has 0 aliphatic carbocycles. The molecule has 28 heavy (non-hydrogen) atoms. The molecule has 1 amide bonds. The van der Waals surface area contributed by atoms with Crippen molar-refractivity contribution >= 4 is 36.0 Å². The third-order valence-corrected chi connectivity index (χ3v) is 4.42. The third kappa shape index (κ3) is 11.9. The summed E-state index contributed by atoms with van der Waals surface area (Å²) in [6, 6.07) is 0. The SMILES string of the molecule is CCNC(=NCC(C)(C)NC(=O)OC(C)(C)C)NCC1CCCN(CC)C1.I. The van der Waals surface area contributed by atoms with Crippen LogP contribution in [0.25, 0.3) is 0 Å². The first-order chi connectivity index (χ1) is 12.5. The molecule has 166 valence electrons. The summed E-state index contributed by atoms with van der Waals surface area (Å²) in [7, 11) is 0. The van der Waals surface area contributed by atoms with E-state index in [1.807, 2.05) is 34.6 Å². The zero-order chi connectivity index (χ0) is 20.5. The number of nitrogens with one attached hydrogen (secondary N) is 3. The van der Waals surface area contributed by atoms with Gasteiger partial charge in [-0.05, 0) is 73.4 Å². The Bertz CT molecular complexity index is 491. The molecular formula is C20H42IN5O2. The number of hydrogen-bond acceptors (Lipinski definition) is 4. The van der Waals surface area contributed by atoms with Gasteiger partial charge in [-0.3, -0.25) is 4.99 Å². The quantitative estimate of drug-likeness (QED) is 0.278. The predicted octanol–water partition coefficient (Wildman–Crippen LogP) is 3.19. The fourth-order valence-electron chi connectivity index (χ4n) is 3.08. The summed E-state index contributed by atoms with van der Waals surface area (Å²) in [5, 5.41) is 9.66. The lowest BCUT2D eigenvalue weighted by Crippen LogP contribution is -2.49. The second-order valence-electron chi connectivity index (χ2n) is 8.99. The van der Waals surface area contributed by atoms with Crippen molar-refractivity contribution in [3.05, 3.63) is 0 Å². The number of carbonyl (C=O) groups is 1. The van der Waals surface area contributed by atoms with Crippen LogP contribution in [0, 0.1) is 5.92 Å². The lowest BCUT2D eigenvalue weighted by molar-refractivity contribution is 0.0476. The van der Waals surface area contributed by atoms with E-state index in [9.17, 15) is 4.79 Å². The molecule has 3 N–H and O–H groups in total. The molecule has 0 bridgehead atoms. The number of hydrogen-bond donors (Lipinski definition) is 3. The highest BCUT2D eigenvalue weighted by Crippen LogP contribution is 2.15. The number of rotatable bonds is 7. The lowest BCUT2D eigenvalue weighted by Gasteiger charge is -2.32. The second kappa shape index (κ2) is 12.7. The number of piperidine rings is 1. The van der Waals surface area contributed by atoms with E-state index in [-0.39, 0.29) is 24.0 Å². The van der Waals surface area contributed by atoms with Gasteiger partial charge in [-0.1, -0.05) is 6.92 Å². The van der Waals surface area contributed by atoms with Crippen molar-refractivity contribution < 1.29 is 9.53 Å². The first-order valence-electron chi connectivity index (χ1n) is 10.3. The van der Waals surface area contributed by atoms with Crippen LogP contribution in [0.4, 0.5) is 4.79 Å². The third-order valence-electron chi connectivity index (χ3n) is 4.42. The van der Waals surface area contributed by atoms with Crippen molar-refractivity contribution in [1.82, 2.24) is 20.9 Å². The van der Waals surface area contributed by atoms with E-state index in [2.05, 4.69) is 39.7 Å². The molecule has 0 aromatic heterocycles. The van der Waals surface area contributed by atoms with Gasteiger partial charge in [0.05, 0.1) is 12.1 Å². The maximum absolute atomic E-state index is 12.0. The van der Waals surface area contributed by atoms with Gasteiger partial charge in [-0.2, -0.15) is 0 Å². The molecule has 1 saturated heterocycles. The highest BCUT2D eigenvalue weighted by Gasteiger charge is 2.25. The molecular weight excluding hydrogens is 469 g/mol. The zero-order valence-corrected chi connectivity index (χ0v) is 21.2. The van der Waals surface area contributed by atoms with E-state index in [1.54, 1.807) is 0 Å². The van der Waals surface area contributed by atoms with E-state index in [4.69, 9.17) is 4.74 Å². The van der Waals surface area contributed by atoms with Gasteiger partial charge in [0, 0.05) is 19.6 Å². The molecule has 0 aromatic carbocycles. The fraction of sp³-hybridized carbons (Fsp3) is 0.900. The van der Waals surface area contributed by atoms with Crippen molar-refractivity contribution in [3.63, 3.8) is 0 Å².